The molecule has 76 valence electrons. The van der Waals surface area contributed by atoms with Crippen molar-refractivity contribution >= 4 is 40.5 Å². The number of aliphatic hydroxyl groups is 1. The van der Waals surface area contributed by atoms with Crippen LogP contribution in [0.3, 0.4) is 0 Å². The highest BCUT2D eigenvalue weighted by molar-refractivity contribution is 6.51. The number of halogens is 2. The first-order valence-corrected chi connectivity index (χ1v) is 4.75. The fraction of sp³-hybridized carbons (Fsp3) is 0. The molecule has 0 fully saturated rings. The van der Waals surface area contributed by atoms with Gasteiger partial charge in [0.2, 0.25) is 11.6 Å². The number of ketones is 2. The summed E-state index contributed by atoms with van der Waals surface area (Å²) in [4.78, 5) is 22.5. The molecule has 0 radical (unpaired) electrons. The fourth-order valence-electron chi connectivity index (χ4n) is 1.35. The molecule has 0 bridgehead atoms. The summed E-state index contributed by atoms with van der Waals surface area (Å²) in [5.74, 6) is -1.73. The quantitative estimate of drug-likeness (QED) is 0.712. The molecule has 0 saturated carbocycles. The number of Topliss-reactive ketones (excluding diaryl/α,β-unsaturated/α-hetero) is 1. The van der Waals surface area contributed by atoms with Crippen molar-refractivity contribution in [3.63, 3.8) is 0 Å². The molecule has 0 spiro atoms. The normalized spacial score (nSPS) is 14.9. The van der Waals surface area contributed by atoms with Crippen molar-refractivity contribution in [3.05, 3.63) is 39.4 Å². The van der Waals surface area contributed by atoms with E-state index in [1.165, 1.54) is 12.1 Å². The number of benzene rings is 1. The van der Waals surface area contributed by atoms with Crippen molar-refractivity contribution in [2.24, 2.45) is 0 Å². The van der Waals surface area contributed by atoms with Gasteiger partial charge in [0.05, 0.1) is 10.0 Å². The predicted molar refractivity (Wildman–Crippen MR) is 56.4 cm³/mol. The van der Waals surface area contributed by atoms with Gasteiger partial charge in [-0.05, 0) is 12.1 Å². The number of aliphatic hydroxyl groups excluding tert-OH is 1. The minimum absolute atomic E-state index is 0.0781. The Balaban J connectivity index is 2.76. The van der Waals surface area contributed by atoms with E-state index in [9.17, 15) is 14.7 Å². The molecule has 0 amide bonds. The lowest BCUT2D eigenvalue weighted by Crippen LogP contribution is -2.18. The van der Waals surface area contributed by atoms with Crippen LogP contribution < -0.4 is 0 Å². The van der Waals surface area contributed by atoms with Crippen LogP contribution in [0.2, 0.25) is 10.0 Å². The first-order valence-electron chi connectivity index (χ1n) is 3.99. The van der Waals surface area contributed by atoms with E-state index in [-0.39, 0.29) is 26.9 Å². The maximum atomic E-state index is 11.4. The van der Waals surface area contributed by atoms with Crippen LogP contribution in [0.1, 0.15) is 15.9 Å². The smallest absolute Gasteiger partial charge is 0.233 e. The number of carbonyl (C=O) groups is 2. The third kappa shape index (κ3) is 1.54. The maximum absolute atomic E-state index is 11.4. The summed E-state index contributed by atoms with van der Waals surface area (Å²) in [5.41, 5.74) is 0.309. The molecular formula is C10H4Cl2O3. The summed E-state index contributed by atoms with van der Waals surface area (Å²) in [5, 5.41) is 9.84. The van der Waals surface area contributed by atoms with E-state index >= 15 is 0 Å². The van der Waals surface area contributed by atoms with Crippen molar-refractivity contribution in [1.82, 2.24) is 0 Å². The molecule has 1 aromatic rings. The van der Waals surface area contributed by atoms with Crippen LogP contribution in [-0.2, 0) is 4.79 Å². The highest BCUT2D eigenvalue weighted by Gasteiger charge is 2.26. The van der Waals surface area contributed by atoms with Crippen LogP contribution in [0, 0.1) is 0 Å². The standard InChI is InChI=1S/C10H4Cl2O3/c11-6-1-4-5(2-7(6)12)10(15)9(14)3-8(4)13/h1-3,13H. The summed E-state index contributed by atoms with van der Waals surface area (Å²) in [7, 11) is 0. The third-order valence-electron chi connectivity index (χ3n) is 2.07. The molecule has 3 nitrogen and oxygen atoms in total. The topological polar surface area (TPSA) is 54.4 Å². The van der Waals surface area contributed by atoms with E-state index in [0.29, 0.717) is 0 Å². The Morgan fingerprint density at radius 3 is 2.13 bits per heavy atom. The van der Waals surface area contributed by atoms with Crippen LogP contribution >= 0.6 is 23.2 Å². The predicted octanol–water partition coefficient (Wildman–Crippen LogP) is 2.66. The van der Waals surface area contributed by atoms with Crippen molar-refractivity contribution in [2.75, 3.05) is 0 Å². The molecule has 5 heteroatoms. The highest BCUT2D eigenvalue weighted by atomic mass is 35.5. The lowest BCUT2D eigenvalue weighted by atomic mass is 9.94. The van der Waals surface area contributed by atoms with E-state index in [2.05, 4.69) is 0 Å². The second-order valence-electron chi connectivity index (χ2n) is 3.03. The van der Waals surface area contributed by atoms with Gasteiger partial charge in [-0.15, -0.1) is 0 Å². The van der Waals surface area contributed by atoms with Gasteiger partial charge in [0.1, 0.15) is 5.76 Å². The summed E-state index contributed by atoms with van der Waals surface area (Å²) >= 11 is 11.4. The van der Waals surface area contributed by atoms with E-state index in [4.69, 9.17) is 23.2 Å². The SMILES string of the molecule is O=C1C=C(O)c2cc(Cl)c(Cl)cc2C1=O. The number of hydrogen-bond donors (Lipinski definition) is 1. The zero-order chi connectivity index (χ0) is 11.2. The first-order chi connectivity index (χ1) is 7.00. The van der Waals surface area contributed by atoms with Crippen LogP contribution in [-0.4, -0.2) is 16.7 Å². The third-order valence-corrected chi connectivity index (χ3v) is 2.79. The molecule has 1 aliphatic carbocycles. The lowest BCUT2D eigenvalue weighted by molar-refractivity contribution is -0.111. The van der Waals surface area contributed by atoms with Crippen LogP contribution in [0.15, 0.2) is 18.2 Å². The molecular weight excluding hydrogens is 239 g/mol. The molecule has 0 aliphatic heterocycles. The van der Waals surface area contributed by atoms with Gasteiger partial charge in [-0.3, -0.25) is 9.59 Å². The monoisotopic (exact) mass is 242 g/mol. The van der Waals surface area contributed by atoms with Crippen molar-refractivity contribution in [2.45, 2.75) is 0 Å². The summed E-state index contributed by atoms with van der Waals surface area (Å²) in [6.07, 6.45) is 0.870. The second-order valence-corrected chi connectivity index (χ2v) is 3.85. The Morgan fingerprint density at radius 2 is 1.53 bits per heavy atom. The number of carbonyl (C=O) groups excluding carboxylic acids is 2. The highest BCUT2D eigenvalue weighted by Crippen LogP contribution is 2.31. The largest absolute Gasteiger partial charge is 0.507 e. The molecule has 1 aliphatic rings. The number of fused-ring (bicyclic) bond motifs is 1. The first kappa shape index (κ1) is 10.2. The van der Waals surface area contributed by atoms with Crippen molar-refractivity contribution in [1.29, 1.82) is 0 Å². The van der Waals surface area contributed by atoms with Crippen LogP contribution in [0.25, 0.3) is 5.76 Å². The van der Waals surface area contributed by atoms with E-state index in [0.717, 1.165) is 6.08 Å². The number of hydrogen-bond acceptors (Lipinski definition) is 3. The van der Waals surface area contributed by atoms with Gasteiger partial charge in [-0.2, -0.15) is 0 Å². The van der Waals surface area contributed by atoms with Crippen molar-refractivity contribution < 1.29 is 14.7 Å². The van der Waals surface area contributed by atoms with Gasteiger partial charge < -0.3 is 5.11 Å². The zero-order valence-corrected chi connectivity index (χ0v) is 8.76. The van der Waals surface area contributed by atoms with Crippen LogP contribution in [0.4, 0.5) is 0 Å². The number of rotatable bonds is 0. The molecule has 0 saturated heterocycles. The van der Waals surface area contributed by atoms with Gasteiger partial charge in [-0.25, -0.2) is 0 Å². The van der Waals surface area contributed by atoms with Gasteiger partial charge in [0.25, 0.3) is 0 Å². The van der Waals surface area contributed by atoms with Crippen molar-refractivity contribution in [3.8, 4) is 0 Å². The molecule has 2 rings (SSSR count). The fourth-order valence-corrected chi connectivity index (χ4v) is 1.67. The summed E-state index contributed by atoms with van der Waals surface area (Å²) in [6.45, 7) is 0. The van der Waals surface area contributed by atoms with Gasteiger partial charge >= 0.3 is 0 Å². The van der Waals surface area contributed by atoms with E-state index < -0.39 is 11.6 Å². The average molecular weight is 243 g/mol. The molecule has 1 N–H and O–H groups in total. The minimum atomic E-state index is -0.765. The molecule has 0 atom stereocenters. The van der Waals surface area contributed by atoms with Gasteiger partial charge in [0.15, 0.2) is 0 Å². The summed E-state index contributed by atoms with van der Waals surface area (Å²) in [6, 6.07) is 2.64. The molecule has 0 heterocycles. The Labute approximate surface area is 94.9 Å². The average Bonchev–Trinajstić information content (AvgIpc) is 2.18. The second kappa shape index (κ2) is 3.36. The Morgan fingerprint density at radius 1 is 1.00 bits per heavy atom. The Kier molecular flexibility index (Phi) is 2.29. The van der Waals surface area contributed by atoms with Gasteiger partial charge in [0, 0.05) is 17.2 Å². The Bertz CT molecular complexity index is 518. The van der Waals surface area contributed by atoms with Crippen LogP contribution in [0.5, 0.6) is 0 Å². The number of allylic oxidation sites excluding steroid dienone is 1. The zero-order valence-electron chi connectivity index (χ0n) is 7.25. The maximum Gasteiger partial charge on any atom is 0.233 e. The molecule has 0 unspecified atom stereocenters. The van der Waals surface area contributed by atoms with E-state index in [1.54, 1.807) is 0 Å². The van der Waals surface area contributed by atoms with Gasteiger partial charge in [-0.1, -0.05) is 23.2 Å². The molecule has 0 aromatic heterocycles. The lowest BCUT2D eigenvalue weighted by Gasteiger charge is -2.12. The Hall–Kier alpha value is -1.32. The molecule has 15 heavy (non-hydrogen) atoms. The summed E-state index contributed by atoms with van der Waals surface area (Å²) < 4.78 is 0. The van der Waals surface area contributed by atoms with E-state index in [1.807, 2.05) is 0 Å². The minimum Gasteiger partial charge on any atom is -0.507 e. The molecule has 1 aromatic carbocycles.